The second kappa shape index (κ2) is 12.8. The topological polar surface area (TPSA) is 58.4 Å². The molecule has 0 unspecified atom stereocenters. The van der Waals surface area contributed by atoms with E-state index in [2.05, 4.69) is 67.8 Å². The van der Waals surface area contributed by atoms with Crippen LogP contribution in [0.5, 0.6) is 0 Å². The van der Waals surface area contributed by atoms with Crippen molar-refractivity contribution in [3.8, 4) is 0 Å². The summed E-state index contributed by atoms with van der Waals surface area (Å²) in [6.45, 7) is 7.52. The summed E-state index contributed by atoms with van der Waals surface area (Å²) in [6.07, 6.45) is 15.9. The summed E-state index contributed by atoms with van der Waals surface area (Å²) in [5.41, 5.74) is 6.21. The molecule has 39 heavy (non-hydrogen) atoms. The van der Waals surface area contributed by atoms with Gasteiger partial charge in [0.2, 0.25) is 0 Å². The molecule has 0 spiro atoms. The van der Waals surface area contributed by atoms with Crippen LogP contribution in [0.25, 0.3) is 11.2 Å². The van der Waals surface area contributed by atoms with Crippen molar-refractivity contribution in [1.82, 2.24) is 24.5 Å². The lowest BCUT2D eigenvalue weighted by Crippen LogP contribution is -2.32. The first-order chi connectivity index (χ1) is 19.2. The maximum absolute atomic E-state index is 14.5. The fourth-order valence-electron chi connectivity index (χ4n) is 5.26. The molecule has 6 rings (SSSR count). The van der Waals surface area contributed by atoms with E-state index in [0.29, 0.717) is 12.5 Å². The molecule has 1 fully saturated rings. The Kier molecular flexibility index (Phi) is 8.78. The van der Waals surface area contributed by atoms with Gasteiger partial charge in [-0.3, -0.25) is 9.88 Å². The summed E-state index contributed by atoms with van der Waals surface area (Å²) >= 11 is 0. The van der Waals surface area contributed by atoms with Crippen LogP contribution in [-0.4, -0.2) is 37.6 Å². The number of pyridine rings is 1. The fraction of sp³-hybridized carbons (Fsp3) is 0.344. The second-order valence-corrected chi connectivity index (χ2v) is 9.90. The average molecular weight is 525 g/mol. The number of nitrogens with zero attached hydrogens (tertiary/aromatic N) is 5. The Labute approximate surface area is 230 Å². The van der Waals surface area contributed by atoms with E-state index < -0.39 is 5.82 Å². The largest absolute Gasteiger partial charge is 0.366 e. The summed E-state index contributed by atoms with van der Waals surface area (Å²) in [5, 5.41) is 7.60. The van der Waals surface area contributed by atoms with Gasteiger partial charge in [-0.25, -0.2) is 9.37 Å². The predicted molar refractivity (Wildman–Crippen MR) is 156 cm³/mol. The molecule has 0 saturated carbocycles. The van der Waals surface area contributed by atoms with Crippen LogP contribution in [-0.2, 0) is 13.1 Å². The Morgan fingerprint density at radius 3 is 2.54 bits per heavy atom. The predicted octanol–water partition coefficient (Wildman–Crippen LogP) is 7.01. The van der Waals surface area contributed by atoms with Gasteiger partial charge in [0.25, 0.3) is 0 Å². The first-order valence-electron chi connectivity index (χ1n) is 14.1. The Hall–Kier alpha value is -3.84. The number of likely N-dealkylation sites (tertiary alicyclic amines) is 1. The molecule has 1 aliphatic heterocycles. The third-order valence-electron chi connectivity index (χ3n) is 7.34. The van der Waals surface area contributed by atoms with Crippen molar-refractivity contribution in [1.29, 1.82) is 0 Å². The van der Waals surface area contributed by atoms with Crippen molar-refractivity contribution < 1.29 is 4.39 Å². The molecule has 202 valence electrons. The monoisotopic (exact) mass is 524 g/mol. The second-order valence-electron chi connectivity index (χ2n) is 9.90. The fourth-order valence-corrected chi connectivity index (χ4v) is 5.26. The maximum Gasteiger partial charge on any atom is 0.193 e. The Bertz CT molecular complexity index is 1420. The van der Waals surface area contributed by atoms with E-state index in [1.165, 1.54) is 22.9 Å². The van der Waals surface area contributed by atoms with Crippen molar-refractivity contribution in [3.63, 3.8) is 0 Å². The summed E-state index contributed by atoms with van der Waals surface area (Å²) in [6, 6.07) is 14.9. The smallest absolute Gasteiger partial charge is 0.193 e. The SMILES string of the molecule is CC.Fc1cnn2c(NCc3cccnc3)cc(C3CCN(Cc4ccc(C5=CCCC=C5)cc4)CC3)nc12. The van der Waals surface area contributed by atoms with Crippen LogP contribution in [0.1, 0.15) is 67.8 Å². The molecule has 0 amide bonds. The number of halogens is 1. The number of fused-ring (bicyclic) bond motifs is 1. The van der Waals surface area contributed by atoms with E-state index in [0.717, 1.165) is 62.4 Å². The number of allylic oxidation sites excluding steroid dienone is 4. The van der Waals surface area contributed by atoms with Gasteiger partial charge in [0.15, 0.2) is 11.5 Å². The standard InChI is InChI=1S/C30H31FN6.C2H6/c31-27-20-34-37-29(33-19-23-5-4-14-32-18-23)17-28(35-30(27)37)26-12-15-36(16-13-26)21-22-8-10-25(11-9-22)24-6-2-1-3-7-24;1-2/h2,4-11,14,17-18,20,26,33H,1,3,12-13,15-16,19,21H2;1-2H3. The van der Waals surface area contributed by atoms with Crippen LogP contribution in [0.2, 0.25) is 0 Å². The molecule has 6 nitrogen and oxygen atoms in total. The minimum Gasteiger partial charge on any atom is -0.366 e. The van der Waals surface area contributed by atoms with Gasteiger partial charge >= 0.3 is 0 Å². The molecule has 0 atom stereocenters. The number of nitrogens with one attached hydrogen (secondary N) is 1. The molecule has 2 aliphatic rings. The molecular weight excluding hydrogens is 487 g/mol. The first-order valence-corrected chi connectivity index (χ1v) is 14.1. The number of hydrogen-bond donors (Lipinski definition) is 1. The summed E-state index contributed by atoms with van der Waals surface area (Å²) in [5.74, 6) is 0.645. The zero-order valence-corrected chi connectivity index (χ0v) is 22.9. The Morgan fingerprint density at radius 2 is 1.82 bits per heavy atom. The van der Waals surface area contributed by atoms with Crippen molar-refractivity contribution >= 4 is 17.0 Å². The van der Waals surface area contributed by atoms with Gasteiger partial charge in [0.05, 0.1) is 6.20 Å². The van der Waals surface area contributed by atoms with E-state index in [-0.39, 0.29) is 5.65 Å². The molecule has 3 aromatic heterocycles. The molecule has 1 saturated heterocycles. The quantitative estimate of drug-likeness (QED) is 0.282. The molecule has 0 radical (unpaired) electrons. The molecule has 4 heterocycles. The third kappa shape index (κ3) is 6.42. The number of aromatic nitrogens is 4. The van der Waals surface area contributed by atoms with Crippen molar-refractivity contribution in [2.24, 2.45) is 0 Å². The lowest BCUT2D eigenvalue weighted by Gasteiger charge is -2.32. The van der Waals surface area contributed by atoms with Crippen LogP contribution < -0.4 is 5.32 Å². The number of piperidine rings is 1. The molecule has 1 N–H and O–H groups in total. The lowest BCUT2D eigenvalue weighted by atomic mass is 9.92. The zero-order chi connectivity index (χ0) is 27.0. The van der Waals surface area contributed by atoms with Gasteiger partial charge in [-0.1, -0.05) is 62.4 Å². The highest BCUT2D eigenvalue weighted by Crippen LogP contribution is 2.30. The molecule has 7 heteroatoms. The normalized spacial score (nSPS) is 16.0. The van der Waals surface area contributed by atoms with Crippen LogP contribution in [0.3, 0.4) is 0 Å². The van der Waals surface area contributed by atoms with Crippen molar-refractivity contribution in [2.45, 2.75) is 58.5 Å². The van der Waals surface area contributed by atoms with Crippen molar-refractivity contribution in [3.05, 3.63) is 107 Å². The highest BCUT2D eigenvalue weighted by Gasteiger charge is 2.24. The maximum atomic E-state index is 14.5. The molecule has 4 aromatic rings. The van der Waals surface area contributed by atoms with Gasteiger partial charge in [0.1, 0.15) is 5.82 Å². The van der Waals surface area contributed by atoms with E-state index in [9.17, 15) is 4.39 Å². The van der Waals surface area contributed by atoms with E-state index >= 15 is 0 Å². The Balaban J connectivity index is 0.00000151. The highest BCUT2D eigenvalue weighted by molar-refractivity contribution is 5.74. The minimum atomic E-state index is -0.397. The summed E-state index contributed by atoms with van der Waals surface area (Å²) < 4.78 is 16.0. The Morgan fingerprint density at radius 1 is 1.00 bits per heavy atom. The van der Waals surface area contributed by atoms with E-state index in [1.807, 2.05) is 38.2 Å². The minimum absolute atomic E-state index is 0.275. The van der Waals surface area contributed by atoms with Crippen LogP contribution in [0.15, 0.2) is 79.3 Å². The summed E-state index contributed by atoms with van der Waals surface area (Å²) in [7, 11) is 0. The molecule has 1 aromatic carbocycles. The van der Waals surface area contributed by atoms with Crippen LogP contribution >= 0.6 is 0 Å². The number of benzene rings is 1. The highest BCUT2D eigenvalue weighted by atomic mass is 19.1. The van der Waals surface area contributed by atoms with E-state index in [1.54, 1.807) is 10.7 Å². The summed E-state index contributed by atoms with van der Waals surface area (Å²) in [4.78, 5) is 11.4. The van der Waals surface area contributed by atoms with Gasteiger partial charge in [-0.2, -0.15) is 9.61 Å². The van der Waals surface area contributed by atoms with Gasteiger partial charge < -0.3 is 5.32 Å². The molecule has 1 aliphatic carbocycles. The first kappa shape index (κ1) is 26.8. The van der Waals surface area contributed by atoms with Gasteiger partial charge in [-0.15, -0.1) is 0 Å². The van der Waals surface area contributed by atoms with Crippen LogP contribution in [0.4, 0.5) is 10.2 Å². The van der Waals surface area contributed by atoms with Gasteiger partial charge in [-0.05, 0) is 67.1 Å². The van der Waals surface area contributed by atoms with Gasteiger partial charge in [0, 0.05) is 43.2 Å². The number of anilines is 1. The molecule has 0 bridgehead atoms. The van der Waals surface area contributed by atoms with Crippen molar-refractivity contribution in [2.75, 3.05) is 18.4 Å². The lowest BCUT2D eigenvalue weighted by molar-refractivity contribution is 0.203. The number of hydrogen-bond acceptors (Lipinski definition) is 5. The van der Waals surface area contributed by atoms with E-state index in [4.69, 9.17) is 0 Å². The molecular formula is C32H37FN6. The zero-order valence-electron chi connectivity index (χ0n) is 22.9. The van der Waals surface area contributed by atoms with Crippen LogP contribution in [0, 0.1) is 5.82 Å². The average Bonchev–Trinajstić information content (AvgIpc) is 3.39. The third-order valence-corrected chi connectivity index (χ3v) is 7.34. The number of rotatable bonds is 7.